The highest BCUT2D eigenvalue weighted by Crippen LogP contribution is 2.30. The summed E-state index contributed by atoms with van der Waals surface area (Å²) < 4.78 is 0.845. The Hall–Kier alpha value is -1.56. The number of benzene rings is 1. The zero-order chi connectivity index (χ0) is 17.3. The minimum Gasteiger partial charge on any atom is -0.363 e. The molecule has 130 valence electrons. The van der Waals surface area contributed by atoms with Crippen molar-refractivity contribution in [3.05, 3.63) is 28.2 Å². The Morgan fingerprint density at radius 1 is 1.29 bits per heavy atom. The van der Waals surface area contributed by atoms with E-state index >= 15 is 0 Å². The van der Waals surface area contributed by atoms with Gasteiger partial charge in [0.15, 0.2) is 0 Å². The fourth-order valence-corrected chi connectivity index (χ4v) is 3.82. The van der Waals surface area contributed by atoms with E-state index in [9.17, 15) is 9.59 Å². The molecule has 0 spiro atoms. The average Bonchev–Trinajstić information content (AvgIpc) is 2.58. The summed E-state index contributed by atoms with van der Waals surface area (Å²) in [4.78, 5) is 25.6. The number of carbonyl (C=O) groups excluding carboxylic acids is 2. The van der Waals surface area contributed by atoms with E-state index in [4.69, 9.17) is 0 Å². The Labute approximate surface area is 151 Å². The number of rotatable bonds is 3. The summed E-state index contributed by atoms with van der Waals surface area (Å²) in [5, 5.41) is 4.86. The lowest BCUT2D eigenvalue weighted by Gasteiger charge is -2.40. The first-order chi connectivity index (χ1) is 11.5. The number of amides is 2. The van der Waals surface area contributed by atoms with E-state index in [1.165, 1.54) is 11.4 Å². The van der Waals surface area contributed by atoms with Gasteiger partial charge < -0.3 is 5.32 Å². The molecule has 2 N–H and O–H groups in total. The third-order valence-electron chi connectivity index (χ3n) is 4.85. The van der Waals surface area contributed by atoms with E-state index in [-0.39, 0.29) is 29.8 Å². The lowest BCUT2D eigenvalue weighted by molar-refractivity contribution is -0.131. The second kappa shape index (κ2) is 7.13. The molecule has 24 heavy (non-hydrogen) atoms. The quantitative estimate of drug-likeness (QED) is 0.817. The zero-order valence-electron chi connectivity index (χ0n) is 14.1. The molecule has 0 aromatic heterocycles. The van der Waals surface area contributed by atoms with Crippen LogP contribution in [-0.4, -0.2) is 23.0 Å². The maximum atomic E-state index is 13.0. The number of hydrazine groups is 1. The van der Waals surface area contributed by atoms with Gasteiger partial charge in [-0.3, -0.25) is 15.0 Å². The number of fused-ring (bicyclic) bond motifs is 1. The van der Waals surface area contributed by atoms with Gasteiger partial charge in [-0.2, -0.15) is 0 Å². The van der Waals surface area contributed by atoms with Crippen LogP contribution in [0.25, 0.3) is 0 Å². The molecule has 5 nitrogen and oxygen atoms in total. The van der Waals surface area contributed by atoms with E-state index in [0.29, 0.717) is 5.56 Å². The number of hydrogen-bond acceptors (Lipinski definition) is 3. The predicted molar refractivity (Wildman–Crippen MR) is 97.3 cm³/mol. The van der Waals surface area contributed by atoms with Crippen molar-refractivity contribution in [1.82, 2.24) is 10.4 Å². The summed E-state index contributed by atoms with van der Waals surface area (Å²) in [5.74, 6) is -0.0115. The molecule has 2 aliphatic rings. The molecule has 1 aromatic carbocycles. The number of nitrogens with one attached hydrogen (secondary N) is 2. The monoisotopic (exact) mass is 393 g/mol. The standard InChI is InChI=1S/C18H24BrN3O2/c1-11(2)16-20-15-9-8-13(19)10-14(15)18(24)22(16)21-17(23)12-6-4-3-5-7-12/h8-12,16,20H,3-7H2,1-2H3,(H,21,23). The Balaban J connectivity index is 1.83. The van der Waals surface area contributed by atoms with Crippen LogP contribution in [0.2, 0.25) is 0 Å². The topological polar surface area (TPSA) is 61.4 Å². The van der Waals surface area contributed by atoms with Crippen LogP contribution in [0.3, 0.4) is 0 Å². The highest BCUT2D eigenvalue weighted by molar-refractivity contribution is 9.10. The van der Waals surface area contributed by atoms with Crippen molar-refractivity contribution in [2.75, 3.05) is 5.32 Å². The SMILES string of the molecule is CC(C)C1Nc2ccc(Br)cc2C(=O)N1NC(=O)C1CCCCC1. The smallest absolute Gasteiger partial charge is 0.276 e. The van der Waals surface area contributed by atoms with E-state index in [1.54, 1.807) is 6.07 Å². The summed E-state index contributed by atoms with van der Waals surface area (Å²) in [6.07, 6.45) is 4.95. The van der Waals surface area contributed by atoms with Crippen LogP contribution in [0.1, 0.15) is 56.3 Å². The van der Waals surface area contributed by atoms with E-state index in [0.717, 1.165) is 35.8 Å². The first-order valence-corrected chi connectivity index (χ1v) is 9.47. The molecule has 2 amide bonds. The lowest BCUT2D eigenvalue weighted by Crippen LogP contribution is -2.60. The summed E-state index contributed by atoms with van der Waals surface area (Å²) in [6, 6.07) is 5.60. The van der Waals surface area contributed by atoms with Crippen LogP contribution in [0.5, 0.6) is 0 Å². The van der Waals surface area contributed by atoms with E-state index < -0.39 is 0 Å². The van der Waals surface area contributed by atoms with Gasteiger partial charge in [-0.05, 0) is 37.0 Å². The maximum absolute atomic E-state index is 13.0. The predicted octanol–water partition coefficient (Wildman–Crippen LogP) is 3.91. The molecule has 1 heterocycles. The number of nitrogens with zero attached hydrogens (tertiary/aromatic N) is 1. The van der Waals surface area contributed by atoms with Gasteiger partial charge in [-0.15, -0.1) is 0 Å². The lowest BCUT2D eigenvalue weighted by atomic mass is 9.89. The first kappa shape index (κ1) is 17.3. The van der Waals surface area contributed by atoms with Crippen molar-refractivity contribution in [3.8, 4) is 0 Å². The number of carbonyl (C=O) groups is 2. The molecule has 0 radical (unpaired) electrons. The van der Waals surface area contributed by atoms with Gasteiger partial charge in [0.2, 0.25) is 5.91 Å². The highest BCUT2D eigenvalue weighted by Gasteiger charge is 2.36. The molecule has 1 atom stereocenters. The Kier molecular flexibility index (Phi) is 5.13. The second-order valence-electron chi connectivity index (χ2n) is 7.01. The van der Waals surface area contributed by atoms with Crippen molar-refractivity contribution in [1.29, 1.82) is 0 Å². The minimum absolute atomic E-state index is 0.0169. The van der Waals surface area contributed by atoms with Crippen molar-refractivity contribution < 1.29 is 9.59 Å². The molecule has 1 aliphatic carbocycles. The van der Waals surface area contributed by atoms with Crippen LogP contribution in [0, 0.1) is 11.8 Å². The van der Waals surface area contributed by atoms with Crippen molar-refractivity contribution in [2.24, 2.45) is 11.8 Å². The number of anilines is 1. The van der Waals surface area contributed by atoms with Gasteiger partial charge in [-0.1, -0.05) is 49.0 Å². The molecule has 1 aromatic rings. The van der Waals surface area contributed by atoms with E-state index in [2.05, 4.69) is 26.7 Å². The van der Waals surface area contributed by atoms with Crippen molar-refractivity contribution in [3.63, 3.8) is 0 Å². The van der Waals surface area contributed by atoms with Gasteiger partial charge in [0.05, 0.1) is 5.56 Å². The van der Waals surface area contributed by atoms with Crippen LogP contribution < -0.4 is 10.7 Å². The zero-order valence-corrected chi connectivity index (χ0v) is 15.7. The Morgan fingerprint density at radius 2 is 2.00 bits per heavy atom. The van der Waals surface area contributed by atoms with Gasteiger partial charge in [0.25, 0.3) is 5.91 Å². The second-order valence-corrected chi connectivity index (χ2v) is 7.92. The van der Waals surface area contributed by atoms with Gasteiger partial charge >= 0.3 is 0 Å². The Bertz CT molecular complexity index is 641. The highest BCUT2D eigenvalue weighted by atomic mass is 79.9. The summed E-state index contributed by atoms with van der Waals surface area (Å²) in [5.41, 5.74) is 4.28. The van der Waals surface area contributed by atoms with E-state index in [1.807, 2.05) is 26.0 Å². The van der Waals surface area contributed by atoms with Gasteiger partial charge in [0, 0.05) is 16.1 Å². The van der Waals surface area contributed by atoms with Gasteiger partial charge in [0.1, 0.15) is 6.17 Å². The Morgan fingerprint density at radius 3 is 2.67 bits per heavy atom. The molecule has 3 rings (SSSR count). The minimum atomic E-state index is -0.251. The summed E-state index contributed by atoms with van der Waals surface area (Å²) in [6.45, 7) is 4.07. The van der Waals surface area contributed by atoms with Gasteiger partial charge in [-0.25, -0.2) is 5.01 Å². The van der Waals surface area contributed by atoms with Crippen molar-refractivity contribution >= 4 is 33.4 Å². The fourth-order valence-electron chi connectivity index (χ4n) is 3.46. The van der Waals surface area contributed by atoms with Crippen molar-refractivity contribution in [2.45, 2.75) is 52.1 Å². The van der Waals surface area contributed by atoms with Crippen LogP contribution in [0.15, 0.2) is 22.7 Å². The molecule has 1 saturated carbocycles. The summed E-state index contributed by atoms with van der Waals surface area (Å²) >= 11 is 3.41. The molecule has 1 unspecified atom stereocenters. The third-order valence-corrected chi connectivity index (χ3v) is 5.34. The largest absolute Gasteiger partial charge is 0.363 e. The molecular formula is C18H24BrN3O2. The number of halogens is 1. The average molecular weight is 394 g/mol. The summed E-state index contributed by atoms with van der Waals surface area (Å²) in [7, 11) is 0. The maximum Gasteiger partial charge on any atom is 0.276 e. The number of hydrogen-bond donors (Lipinski definition) is 2. The van der Waals surface area contributed by atoms with Crippen LogP contribution in [0.4, 0.5) is 5.69 Å². The first-order valence-electron chi connectivity index (χ1n) is 8.67. The molecule has 1 aliphatic heterocycles. The molecule has 1 fully saturated rings. The molecule has 0 saturated heterocycles. The molecule has 0 bridgehead atoms. The third kappa shape index (κ3) is 3.43. The van der Waals surface area contributed by atoms with Crippen LogP contribution >= 0.6 is 15.9 Å². The normalized spacial score (nSPS) is 21.4. The van der Waals surface area contributed by atoms with Crippen LogP contribution in [-0.2, 0) is 4.79 Å². The molecular weight excluding hydrogens is 370 g/mol. The molecule has 6 heteroatoms. The fraction of sp³-hybridized carbons (Fsp3) is 0.556.